The van der Waals surface area contributed by atoms with Crippen LogP contribution in [-0.4, -0.2) is 23.9 Å². The number of rotatable bonds is 6. The van der Waals surface area contributed by atoms with Gasteiger partial charge in [0.15, 0.2) is 0 Å². The number of hydrogen-bond acceptors (Lipinski definition) is 4. The lowest BCUT2D eigenvalue weighted by atomic mass is 10.0. The third-order valence-electron chi connectivity index (χ3n) is 4.02. The van der Waals surface area contributed by atoms with E-state index < -0.39 is 15.9 Å². The van der Waals surface area contributed by atoms with E-state index in [2.05, 4.69) is 15.2 Å². The summed E-state index contributed by atoms with van der Waals surface area (Å²) in [5.74, 6) is -0.181. The van der Waals surface area contributed by atoms with Gasteiger partial charge in [-0.3, -0.25) is 10.2 Å². The molecule has 3 aromatic rings. The van der Waals surface area contributed by atoms with E-state index in [1.165, 1.54) is 12.1 Å². The van der Waals surface area contributed by atoms with Crippen LogP contribution in [0.2, 0.25) is 0 Å². The Balaban J connectivity index is 1.64. The Morgan fingerprint density at radius 1 is 1.12 bits per heavy atom. The maximum absolute atomic E-state index is 12.3. The minimum absolute atomic E-state index is 0.0463. The second kappa shape index (κ2) is 7.27. The van der Waals surface area contributed by atoms with Gasteiger partial charge in [-0.05, 0) is 35.7 Å². The first-order chi connectivity index (χ1) is 12.4. The van der Waals surface area contributed by atoms with Crippen LogP contribution in [0, 0.1) is 0 Å². The molecule has 0 bridgehead atoms. The Kier molecular flexibility index (Phi) is 5.06. The summed E-state index contributed by atoms with van der Waals surface area (Å²) in [5.41, 5.74) is 4.85. The van der Waals surface area contributed by atoms with Gasteiger partial charge in [0.2, 0.25) is 0 Å². The zero-order valence-electron chi connectivity index (χ0n) is 14.5. The van der Waals surface area contributed by atoms with Crippen molar-refractivity contribution in [3.05, 3.63) is 60.4 Å². The third kappa shape index (κ3) is 3.92. The van der Waals surface area contributed by atoms with Crippen LogP contribution in [0.5, 0.6) is 0 Å². The van der Waals surface area contributed by atoms with Crippen LogP contribution in [0.3, 0.4) is 0 Å². The number of fused-ring (bicyclic) bond motifs is 1. The van der Waals surface area contributed by atoms with Crippen molar-refractivity contribution >= 4 is 27.0 Å². The second-order valence-corrected chi connectivity index (χ2v) is 7.92. The predicted molar refractivity (Wildman–Crippen MR) is 98.7 cm³/mol. The number of imidazole rings is 1. The summed E-state index contributed by atoms with van der Waals surface area (Å²) in [5, 5.41) is 0. The van der Waals surface area contributed by atoms with Gasteiger partial charge in [-0.15, -0.1) is 4.83 Å². The number of amides is 1. The van der Waals surface area contributed by atoms with Gasteiger partial charge in [-0.2, -0.15) is 0 Å². The monoisotopic (exact) mass is 372 g/mol. The minimum atomic E-state index is -3.83. The normalized spacial score (nSPS) is 11.8. The number of sulfonamides is 1. The van der Waals surface area contributed by atoms with Crippen molar-refractivity contribution in [1.82, 2.24) is 19.8 Å². The molecule has 0 unspecified atom stereocenters. The zero-order chi connectivity index (χ0) is 18.7. The lowest BCUT2D eigenvalue weighted by molar-refractivity contribution is -0.122. The molecule has 0 fully saturated rings. The van der Waals surface area contributed by atoms with E-state index in [4.69, 9.17) is 0 Å². The van der Waals surface area contributed by atoms with Crippen LogP contribution in [-0.2, 0) is 21.4 Å². The number of carbonyl (C=O) groups excluding carboxylic acids is 1. The third-order valence-corrected chi connectivity index (χ3v) is 5.29. The van der Waals surface area contributed by atoms with Gasteiger partial charge >= 0.3 is 0 Å². The highest BCUT2D eigenvalue weighted by Gasteiger charge is 2.16. The molecule has 2 N–H and O–H groups in total. The van der Waals surface area contributed by atoms with Crippen LogP contribution in [0.25, 0.3) is 11.0 Å². The maximum atomic E-state index is 12.3. The molecule has 0 saturated heterocycles. The van der Waals surface area contributed by atoms with Crippen LogP contribution >= 0.6 is 0 Å². The molecule has 26 heavy (non-hydrogen) atoms. The zero-order valence-corrected chi connectivity index (χ0v) is 15.3. The Morgan fingerprint density at radius 3 is 2.50 bits per heavy atom. The van der Waals surface area contributed by atoms with Crippen molar-refractivity contribution in [3.63, 3.8) is 0 Å². The fourth-order valence-electron chi connectivity index (χ4n) is 2.55. The number of aromatic nitrogens is 2. The number of nitrogens with one attached hydrogen (secondary N) is 2. The van der Waals surface area contributed by atoms with Gasteiger partial charge in [0, 0.05) is 0 Å². The smallest absolute Gasteiger partial charge is 0.257 e. The molecule has 0 aliphatic heterocycles. The average molecular weight is 372 g/mol. The predicted octanol–water partition coefficient (Wildman–Crippen LogP) is 2.17. The average Bonchev–Trinajstić information content (AvgIpc) is 3.03. The summed E-state index contributed by atoms with van der Waals surface area (Å²) in [6.07, 6.45) is 1.55. The highest BCUT2D eigenvalue weighted by atomic mass is 32.2. The Hall–Kier alpha value is -2.71. The SMILES string of the molecule is CC(C)c1ccc(S(=O)(=O)NNC(=O)Cn2cnc3ccccc32)cc1. The van der Waals surface area contributed by atoms with E-state index in [0.29, 0.717) is 5.92 Å². The van der Waals surface area contributed by atoms with E-state index in [1.54, 1.807) is 23.0 Å². The van der Waals surface area contributed by atoms with E-state index in [0.717, 1.165) is 16.6 Å². The van der Waals surface area contributed by atoms with Crippen LogP contribution < -0.4 is 10.3 Å². The lowest BCUT2D eigenvalue weighted by Gasteiger charge is -2.10. The van der Waals surface area contributed by atoms with Crippen molar-refractivity contribution in [2.75, 3.05) is 0 Å². The molecule has 1 heterocycles. The molecule has 0 aliphatic rings. The first kappa shape index (κ1) is 18.1. The summed E-state index contributed by atoms with van der Waals surface area (Å²) in [6, 6.07) is 14.0. The van der Waals surface area contributed by atoms with Crippen molar-refractivity contribution < 1.29 is 13.2 Å². The molecule has 2 aromatic carbocycles. The fourth-order valence-corrected chi connectivity index (χ4v) is 3.41. The summed E-state index contributed by atoms with van der Waals surface area (Å²) >= 11 is 0. The molecule has 0 atom stereocenters. The summed E-state index contributed by atoms with van der Waals surface area (Å²) in [6.45, 7) is 4.01. The van der Waals surface area contributed by atoms with Gasteiger partial charge in [0.25, 0.3) is 15.9 Å². The Morgan fingerprint density at radius 2 is 1.81 bits per heavy atom. The van der Waals surface area contributed by atoms with Crippen molar-refractivity contribution in [1.29, 1.82) is 0 Å². The van der Waals surface area contributed by atoms with Gasteiger partial charge in [0.1, 0.15) is 6.54 Å². The van der Waals surface area contributed by atoms with E-state index in [9.17, 15) is 13.2 Å². The number of benzene rings is 2. The quantitative estimate of drug-likeness (QED) is 0.649. The molecule has 1 aromatic heterocycles. The fraction of sp³-hybridized carbons (Fsp3) is 0.222. The largest absolute Gasteiger partial charge is 0.321 e. The molecule has 3 rings (SSSR count). The lowest BCUT2D eigenvalue weighted by Crippen LogP contribution is -2.43. The van der Waals surface area contributed by atoms with E-state index >= 15 is 0 Å². The molecule has 0 spiro atoms. The highest BCUT2D eigenvalue weighted by Crippen LogP contribution is 2.17. The van der Waals surface area contributed by atoms with Crippen LogP contribution in [0.4, 0.5) is 0 Å². The number of para-hydroxylation sites is 2. The van der Waals surface area contributed by atoms with Gasteiger partial charge < -0.3 is 4.57 Å². The standard InChI is InChI=1S/C18H20N4O3S/c1-13(2)14-7-9-15(10-8-14)26(24,25)21-20-18(23)11-22-12-19-16-5-3-4-6-17(16)22/h3-10,12-13,21H,11H2,1-2H3,(H,20,23). The molecular formula is C18H20N4O3S. The molecular weight excluding hydrogens is 352 g/mol. The Bertz CT molecular complexity index is 1020. The number of hydrazine groups is 1. The maximum Gasteiger partial charge on any atom is 0.257 e. The number of nitrogens with zero attached hydrogens (tertiary/aromatic N) is 2. The van der Waals surface area contributed by atoms with Crippen LogP contribution in [0.1, 0.15) is 25.3 Å². The van der Waals surface area contributed by atoms with Crippen molar-refractivity contribution in [3.8, 4) is 0 Å². The molecule has 8 heteroatoms. The first-order valence-corrected chi connectivity index (χ1v) is 9.65. The van der Waals surface area contributed by atoms with Gasteiger partial charge in [-0.1, -0.05) is 38.1 Å². The molecule has 136 valence electrons. The number of hydrogen-bond donors (Lipinski definition) is 2. The summed E-state index contributed by atoms with van der Waals surface area (Å²) in [7, 11) is -3.83. The molecule has 1 amide bonds. The summed E-state index contributed by atoms with van der Waals surface area (Å²) < 4.78 is 26.2. The highest BCUT2D eigenvalue weighted by molar-refractivity contribution is 7.89. The Labute approximate surface area is 152 Å². The topological polar surface area (TPSA) is 93.1 Å². The number of carbonyl (C=O) groups is 1. The summed E-state index contributed by atoms with van der Waals surface area (Å²) in [4.78, 5) is 18.5. The molecule has 0 radical (unpaired) electrons. The molecule has 0 aliphatic carbocycles. The van der Waals surface area contributed by atoms with Gasteiger partial charge in [0.05, 0.1) is 22.3 Å². The second-order valence-electron chi connectivity index (χ2n) is 6.24. The van der Waals surface area contributed by atoms with Gasteiger partial charge in [-0.25, -0.2) is 13.4 Å². The first-order valence-electron chi connectivity index (χ1n) is 8.17. The van der Waals surface area contributed by atoms with Crippen molar-refractivity contribution in [2.24, 2.45) is 0 Å². The molecule has 7 nitrogen and oxygen atoms in total. The van der Waals surface area contributed by atoms with Crippen LogP contribution in [0.15, 0.2) is 59.8 Å². The van der Waals surface area contributed by atoms with Crippen molar-refractivity contribution in [2.45, 2.75) is 31.2 Å². The van der Waals surface area contributed by atoms with E-state index in [-0.39, 0.29) is 11.4 Å². The molecule has 0 saturated carbocycles. The minimum Gasteiger partial charge on any atom is -0.321 e. The van der Waals surface area contributed by atoms with E-state index in [1.807, 2.05) is 38.1 Å².